The van der Waals surface area contributed by atoms with Crippen molar-refractivity contribution in [2.24, 2.45) is 5.73 Å². The summed E-state index contributed by atoms with van der Waals surface area (Å²) in [5.41, 5.74) is 8.71. The molecule has 0 saturated heterocycles. The summed E-state index contributed by atoms with van der Waals surface area (Å²) >= 11 is 0. The Kier molecular flexibility index (Phi) is 6.37. The first-order valence-corrected chi connectivity index (χ1v) is 10.9. The van der Waals surface area contributed by atoms with Gasteiger partial charge in [-0.05, 0) is 32.0 Å². The predicted octanol–water partition coefficient (Wildman–Crippen LogP) is 2.90. The van der Waals surface area contributed by atoms with Crippen LogP contribution in [0.25, 0.3) is 10.9 Å². The first kappa shape index (κ1) is 22.4. The van der Waals surface area contributed by atoms with Gasteiger partial charge < -0.3 is 15.8 Å². The SMILES string of the molecule is CC(C)N1CCc2nc3ccccc3c(C(=O)OCC(=O)Nc3ccccc3C(N)=O)c2C1. The zero-order valence-electron chi connectivity index (χ0n) is 18.6. The maximum atomic E-state index is 13.2. The van der Waals surface area contributed by atoms with Gasteiger partial charge in [-0.1, -0.05) is 30.3 Å². The molecular formula is C25H26N4O4. The van der Waals surface area contributed by atoms with Crippen molar-refractivity contribution in [2.45, 2.75) is 32.9 Å². The number of anilines is 1. The number of nitrogens with one attached hydrogen (secondary N) is 1. The Morgan fingerprint density at radius 2 is 1.85 bits per heavy atom. The minimum atomic E-state index is -0.660. The molecule has 1 aliphatic heterocycles. The van der Waals surface area contributed by atoms with E-state index in [0.717, 1.165) is 29.7 Å². The van der Waals surface area contributed by atoms with E-state index in [1.165, 1.54) is 6.07 Å². The molecule has 3 N–H and O–H groups in total. The summed E-state index contributed by atoms with van der Waals surface area (Å²) in [6.07, 6.45) is 0.739. The average Bonchev–Trinajstić information content (AvgIpc) is 2.80. The number of nitrogens with zero attached hydrogens (tertiary/aromatic N) is 2. The number of primary amides is 1. The van der Waals surface area contributed by atoms with Crippen molar-refractivity contribution in [3.63, 3.8) is 0 Å². The predicted molar refractivity (Wildman–Crippen MR) is 125 cm³/mol. The zero-order valence-corrected chi connectivity index (χ0v) is 18.6. The van der Waals surface area contributed by atoms with Crippen molar-refractivity contribution in [1.82, 2.24) is 9.88 Å². The van der Waals surface area contributed by atoms with Gasteiger partial charge >= 0.3 is 5.97 Å². The van der Waals surface area contributed by atoms with Crippen molar-refractivity contribution in [3.8, 4) is 0 Å². The number of esters is 1. The molecule has 0 atom stereocenters. The third kappa shape index (κ3) is 4.70. The summed E-state index contributed by atoms with van der Waals surface area (Å²) in [5.74, 6) is -1.80. The fourth-order valence-electron chi connectivity index (χ4n) is 4.08. The van der Waals surface area contributed by atoms with Gasteiger partial charge in [-0.25, -0.2) is 4.79 Å². The molecule has 4 rings (SSSR count). The van der Waals surface area contributed by atoms with Gasteiger partial charge in [0.25, 0.3) is 11.8 Å². The molecule has 0 radical (unpaired) electrons. The van der Waals surface area contributed by atoms with Crippen LogP contribution in [-0.4, -0.2) is 46.9 Å². The molecule has 1 aliphatic rings. The first-order valence-electron chi connectivity index (χ1n) is 10.9. The smallest absolute Gasteiger partial charge is 0.339 e. The molecule has 0 fully saturated rings. The third-order valence-electron chi connectivity index (χ3n) is 5.81. The molecule has 8 nitrogen and oxygen atoms in total. The molecule has 2 amide bonds. The summed E-state index contributed by atoms with van der Waals surface area (Å²) in [7, 11) is 0. The summed E-state index contributed by atoms with van der Waals surface area (Å²) in [6, 6.07) is 14.2. The minimum absolute atomic E-state index is 0.181. The van der Waals surface area contributed by atoms with Crippen LogP contribution in [0.15, 0.2) is 48.5 Å². The van der Waals surface area contributed by atoms with E-state index in [4.69, 9.17) is 15.5 Å². The highest BCUT2D eigenvalue weighted by atomic mass is 16.5. The van der Waals surface area contributed by atoms with Gasteiger partial charge in [-0.15, -0.1) is 0 Å². The lowest BCUT2D eigenvalue weighted by Gasteiger charge is -2.32. The van der Waals surface area contributed by atoms with Crippen LogP contribution in [0.1, 0.15) is 45.8 Å². The molecule has 170 valence electrons. The highest BCUT2D eigenvalue weighted by Gasteiger charge is 2.28. The number of para-hydroxylation sites is 2. The van der Waals surface area contributed by atoms with E-state index in [-0.39, 0.29) is 11.3 Å². The second kappa shape index (κ2) is 9.38. The number of pyridine rings is 1. The van der Waals surface area contributed by atoms with E-state index >= 15 is 0 Å². The zero-order chi connectivity index (χ0) is 23.5. The maximum Gasteiger partial charge on any atom is 0.339 e. The Morgan fingerprint density at radius 1 is 1.12 bits per heavy atom. The van der Waals surface area contributed by atoms with Crippen LogP contribution in [0.3, 0.4) is 0 Å². The van der Waals surface area contributed by atoms with Gasteiger partial charge in [0.1, 0.15) is 0 Å². The minimum Gasteiger partial charge on any atom is -0.452 e. The molecule has 8 heteroatoms. The number of amides is 2. The van der Waals surface area contributed by atoms with Crippen molar-refractivity contribution in [2.75, 3.05) is 18.5 Å². The highest BCUT2D eigenvalue weighted by Crippen LogP contribution is 2.29. The van der Waals surface area contributed by atoms with E-state index in [2.05, 4.69) is 24.1 Å². The van der Waals surface area contributed by atoms with Gasteiger partial charge in [-0.3, -0.25) is 19.5 Å². The van der Waals surface area contributed by atoms with Crippen molar-refractivity contribution in [3.05, 3.63) is 70.9 Å². The number of aromatic nitrogens is 1. The Bertz CT molecular complexity index is 1240. The summed E-state index contributed by atoms with van der Waals surface area (Å²) in [5, 5.41) is 3.28. The normalized spacial score (nSPS) is 13.5. The van der Waals surface area contributed by atoms with Crippen LogP contribution in [0.5, 0.6) is 0 Å². The van der Waals surface area contributed by atoms with Gasteiger partial charge in [0.15, 0.2) is 6.61 Å². The second-order valence-electron chi connectivity index (χ2n) is 8.28. The van der Waals surface area contributed by atoms with Crippen LogP contribution in [0.4, 0.5) is 5.69 Å². The Morgan fingerprint density at radius 3 is 2.61 bits per heavy atom. The summed E-state index contributed by atoms with van der Waals surface area (Å²) < 4.78 is 5.42. The van der Waals surface area contributed by atoms with Gasteiger partial charge in [-0.2, -0.15) is 0 Å². The number of fused-ring (bicyclic) bond motifs is 2. The molecule has 0 bridgehead atoms. The molecule has 3 aromatic rings. The largest absolute Gasteiger partial charge is 0.452 e. The second-order valence-corrected chi connectivity index (χ2v) is 8.28. The first-order chi connectivity index (χ1) is 15.8. The molecule has 2 heterocycles. The van der Waals surface area contributed by atoms with Crippen LogP contribution in [0, 0.1) is 0 Å². The van der Waals surface area contributed by atoms with Crippen molar-refractivity contribution < 1.29 is 19.1 Å². The summed E-state index contributed by atoms with van der Waals surface area (Å²) in [4.78, 5) is 44.3. The molecular weight excluding hydrogens is 420 g/mol. The topological polar surface area (TPSA) is 115 Å². The molecule has 33 heavy (non-hydrogen) atoms. The van der Waals surface area contributed by atoms with Crippen LogP contribution < -0.4 is 11.1 Å². The number of hydrogen-bond donors (Lipinski definition) is 2. The Hall–Kier alpha value is -3.78. The van der Waals surface area contributed by atoms with Crippen LogP contribution >= 0.6 is 0 Å². The fourth-order valence-corrected chi connectivity index (χ4v) is 4.08. The lowest BCUT2D eigenvalue weighted by atomic mass is 9.95. The average molecular weight is 447 g/mol. The molecule has 2 aromatic carbocycles. The number of carbonyl (C=O) groups excluding carboxylic acids is 3. The number of rotatable bonds is 6. The summed E-state index contributed by atoms with van der Waals surface area (Å²) in [6.45, 7) is 5.20. The lowest BCUT2D eigenvalue weighted by Crippen LogP contribution is -2.37. The van der Waals surface area contributed by atoms with E-state index in [9.17, 15) is 14.4 Å². The maximum absolute atomic E-state index is 13.2. The standard InChI is InChI=1S/C25H26N4O4/c1-15(2)29-12-11-21-18(13-29)23(16-7-3-5-9-19(16)27-21)25(32)33-14-22(30)28-20-10-6-4-8-17(20)24(26)31/h3-10,15H,11-14H2,1-2H3,(H2,26,31)(H,28,30). The quantitative estimate of drug-likeness (QED) is 0.563. The lowest BCUT2D eigenvalue weighted by molar-refractivity contribution is -0.119. The molecule has 0 saturated carbocycles. The van der Waals surface area contributed by atoms with Gasteiger partial charge in [0.2, 0.25) is 0 Å². The number of hydrogen-bond acceptors (Lipinski definition) is 6. The fraction of sp³-hybridized carbons (Fsp3) is 0.280. The highest BCUT2D eigenvalue weighted by molar-refractivity contribution is 6.07. The Balaban J connectivity index is 1.58. The van der Waals surface area contributed by atoms with Gasteiger partial charge in [0.05, 0.1) is 22.3 Å². The van der Waals surface area contributed by atoms with E-state index < -0.39 is 24.4 Å². The number of nitrogens with two attached hydrogens (primary N) is 1. The number of ether oxygens (including phenoxy) is 1. The number of carbonyl (C=O) groups is 3. The van der Waals surface area contributed by atoms with Crippen molar-refractivity contribution >= 4 is 34.4 Å². The van der Waals surface area contributed by atoms with E-state index in [1.807, 2.05) is 24.3 Å². The molecule has 1 aromatic heterocycles. The van der Waals surface area contributed by atoms with E-state index in [0.29, 0.717) is 23.5 Å². The molecule has 0 aliphatic carbocycles. The molecule has 0 unspecified atom stereocenters. The monoisotopic (exact) mass is 446 g/mol. The van der Waals surface area contributed by atoms with Crippen LogP contribution in [0.2, 0.25) is 0 Å². The third-order valence-corrected chi connectivity index (χ3v) is 5.81. The van der Waals surface area contributed by atoms with Crippen molar-refractivity contribution in [1.29, 1.82) is 0 Å². The Labute approximate surface area is 191 Å². The molecule has 0 spiro atoms. The van der Waals surface area contributed by atoms with Crippen LogP contribution in [-0.2, 0) is 22.5 Å². The van der Waals surface area contributed by atoms with Gasteiger partial charge in [0, 0.05) is 42.2 Å². The van der Waals surface area contributed by atoms with E-state index in [1.54, 1.807) is 18.2 Å². The number of benzene rings is 2.